The molecule has 0 atom stereocenters. The Morgan fingerprint density at radius 3 is 1.48 bits per heavy atom. The molecule has 252 valence electrons. The van der Waals surface area contributed by atoms with Crippen molar-refractivity contribution in [2.75, 3.05) is 0 Å². The number of para-hydroxylation sites is 2. The maximum absolute atomic E-state index is 5.25. The van der Waals surface area contributed by atoms with Gasteiger partial charge in [-0.05, 0) is 29.1 Å². The lowest BCUT2D eigenvalue weighted by Gasteiger charge is -2.14. The first-order valence-corrected chi connectivity index (χ1v) is 18.1. The molecule has 0 amide bonds. The molecule has 0 N–H and O–H groups in total. The van der Waals surface area contributed by atoms with Gasteiger partial charge in [-0.3, -0.25) is 9.55 Å². The van der Waals surface area contributed by atoms with E-state index in [0.717, 1.165) is 82.3 Å². The van der Waals surface area contributed by atoms with Gasteiger partial charge in [0.15, 0.2) is 11.6 Å². The summed E-state index contributed by atoms with van der Waals surface area (Å²) in [6, 6.07) is 59.0. The number of fused-ring (bicyclic) bond motifs is 9. The molecule has 6 heteroatoms. The summed E-state index contributed by atoms with van der Waals surface area (Å²) in [4.78, 5) is 20.4. The fraction of sp³-hybridized carbons (Fsp3) is 0. The van der Waals surface area contributed by atoms with Crippen molar-refractivity contribution >= 4 is 54.4 Å². The summed E-state index contributed by atoms with van der Waals surface area (Å²) in [5, 5.41) is 6.77. The highest BCUT2D eigenvalue weighted by atomic mass is 15.2. The number of pyridine rings is 1. The van der Waals surface area contributed by atoms with E-state index >= 15 is 0 Å². The van der Waals surface area contributed by atoms with Gasteiger partial charge >= 0.3 is 0 Å². The Kier molecular flexibility index (Phi) is 6.75. The molecule has 4 aromatic heterocycles. The summed E-state index contributed by atoms with van der Waals surface area (Å²) < 4.78 is 4.65. The van der Waals surface area contributed by atoms with Crippen LogP contribution in [0.25, 0.3) is 99.9 Å². The molecular formula is C48H30N6. The van der Waals surface area contributed by atoms with E-state index in [1.54, 1.807) is 0 Å². The van der Waals surface area contributed by atoms with Crippen LogP contribution in [0, 0.1) is 0 Å². The van der Waals surface area contributed by atoms with Crippen molar-refractivity contribution in [3.8, 4) is 45.5 Å². The standard InChI is InChI=1S/C48H30N6/c1-5-15-31(16-6-1)40-29-49-30-41-35(40)25-26-38-39-28-27-37-36-23-13-14-24-42(36)54(45(37)44(39)53(43(38)41)34-21-11-4-12-22-34)48-51-46(32-17-7-2-8-18-32)50-47(52-48)33-19-9-3-10-20-33/h1-30H. The highest BCUT2D eigenvalue weighted by molar-refractivity contribution is 6.27. The Bertz CT molecular complexity index is 3130. The Labute approximate surface area is 310 Å². The molecule has 0 aliphatic heterocycles. The molecule has 54 heavy (non-hydrogen) atoms. The third-order valence-electron chi connectivity index (χ3n) is 10.4. The zero-order chi connectivity index (χ0) is 35.6. The summed E-state index contributed by atoms with van der Waals surface area (Å²) in [6.45, 7) is 0. The van der Waals surface area contributed by atoms with Crippen molar-refractivity contribution in [1.82, 2.24) is 29.1 Å². The van der Waals surface area contributed by atoms with E-state index in [9.17, 15) is 0 Å². The summed E-state index contributed by atoms with van der Waals surface area (Å²) in [7, 11) is 0. The quantitative estimate of drug-likeness (QED) is 0.180. The van der Waals surface area contributed by atoms with Crippen molar-refractivity contribution in [3.63, 3.8) is 0 Å². The molecule has 11 rings (SSSR count). The predicted octanol–water partition coefficient (Wildman–Crippen LogP) is 11.6. The molecule has 0 aliphatic rings. The van der Waals surface area contributed by atoms with E-state index in [0.29, 0.717) is 17.6 Å². The van der Waals surface area contributed by atoms with Crippen molar-refractivity contribution in [2.24, 2.45) is 0 Å². The van der Waals surface area contributed by atoms with Crippen LogP contribution in [0.4, 0.5) is 0 Å². The van der Waals surface area contributed by atoms with Gasteiger partial charge in [-0.2, -0.15) is 9.97 Å². The first kappa shape index (κ1) is 30.2. The zero-order valence-corrected chi connectivity index (χ0v) is 29.0. The van der Waals surface area contributed by atoms with Crippen LogP contribution in [0.2, 0.25) is 0 Å². The van der Waals surface area contributed by atoms with Gasteiger partial charge in [-0.1, -0.05) is 152 Å². The van der Waals surface area contributed by atoms with Crippen molar-refractivity contribution < 1.29 is 0 Å². The lowest BCUT2D eigenvalue weighted by Crippen LogP contribution is -2.07. The third kappa shape index (κ3) is 4.60. The molecular weight excluding hydrogens is 661 g/mol. The van der Waals surface area contributed by atoms with E-state index in [1.807, 2.05) is 73.1 Å². The number of rotatable bonds is 5. The summed E-state index contributed by atoms with van der Waals surface area (Å²) in [6.07, 6.45) is 3.99. The van der Waals surface area contributed by atoms with Crippen LogP contribution in [0.15, 0.2) is 182 Å². The maximum atomic E-state index is 5.25. The van der Waals surface area contributed by atoms with Crippen LogP contribution in [0.5, 0.6) is 0 Å². The first-order chi connectivity index (χ1) is 26.8. The zero-order valence-electron chi connectivity index (χ0n) is 29.0. The summed E-state index contributed by atoms with van der Waals surface area (Å²) >= 11 is 0. The summed E-state index contributed by atoms with van der Waals surface area (Å²) in [5.74, 6) is 1.79. The Hall–Kier alpha value is -7.44. The van der Waals surface area contributed by atoms with Crippen LogP contribution in [0.1, 0.15) is 0 Å². The normalized spacial score (nSPS) is 11.7. The molecule has 0 saturated heterocycles. The molecule has 0 spiro atoms. The minimum Gasteiger partial charge on any atom is -0.306 e. The second-order valence-corrected chi connectivity index (χ2v) is 13.5. The van der Waals surface area contributed by atoms with Crippen LogP contribution >= 0.6 is 0 Å². The second-order valence-electron chi connectivity index (χ2n) is 13.5. The van der Waals surface area contributed by atoms with Gasteiger partial charge in [-0.25, -0.2) is 4.98 Å². The molecule has 7 aromatic carbocycles. The highest BCUT2D eigenvalue weighted by Gasteiger charge is 2.24. The molecule has 11 aromatic rings. The highest BCUT2D eigenvalue weighted by Crippen LogP contribution is 2.44. The lowest BCUT2D eigenvalue weighted by molar-refractivity contribution is 0.953. The second kappa shape index (κ2) is 12.1. The van der Waals surface area contributed by atoms with E-state index in [-0.39, 0.29) is 0 Å². The Balaban J connectivity index is 1.32. The molecule has 0 unspecified atom stereocenters. The largest absolute Gasteiger partial charge is 0.306 e. The fourth-order valence-electron chi connectivity index (χ4n) is 8.07. The molecule has 0 fully saturated rings. The Morgan fingerprint density at radius 2 is 0.833 bits per heavy atom. The van der Waals surface area contributed by atoms with Gasteiger partial charge in [0, 0.05) is 61.7 Å². The van der Waals surface area contributed by atoms with Crippen LogP contribution in [0.3, 0.4) is 0 Å². The fourth-order valence-corrected chi connectivity index (χ4v) is 8.07. The van der Waals surface area contributed by atoms with Crippen LogP contribution in [-0.2, 0) is 0 Å². The number of nitrogens with zero attached hydrogens (tertiary/aromatic N) is 6. The predicted molar refractivity (Wildman–Crippen MR) is 220 cm³/mol. The smallest absolute Gasteiger partial charge is 0.238 e. The van der Waals surface area contributed by atoms with Crippen LogP contribution < -0.4 is 0 Å². The molecule has 0 saturated carbocycles. The minimum atomic E-state index is 0.559. The van der Waals surface area contributed by atoms with E-state index in [1.165, 1.54) is 0 Å². The topological polar surface area (TPSA) is 61.4 Å². The Morgan fingerprint density at radius 1 is 0.333 bits per heavy atom. The average molecular weight is 691 g/mol. The third-order valence-corrected chi connectivity index (χ3v) is 10.4. The van der Waals surface area contributed by atoms with Gasteiger partial charge in [-0.15, -0.1) is 0 Å². The molecule has 6 nitrogen and oxygen atoms in total. The lowest BCUT2D eigenvalue weighted by atomic mass is 9.99. The van der Waals surface area contributed by atoms with Crippen molar-refractivity contribution in [2.45, 2.75) is 0 Å². The van der Waals surface area contributed by atoms with Crippen LogP contribution in [-0.4, -0.2) is 29.1 Å². The molecule has 0 aliphatic carbocycles. The first-order valence-electron chi connectivity index (χ1n) is 18.1. The SMILES string of the molecule is c1ccc(-c2nc(-c3ccccc3)nc(-n3c4ccccc4c4ccc5c6ccc7c(-c8ccccc8)cncc7c6n(-c6ccccc6)c5c43)n2)cc1. The molecule has 0 bridgehead atoms. The number of benzene rings is 7. The van der Waals surface area contributed by atoms with Gasteiger partial charge in [0.1, 0.15) is 0 Å². The maximum Gasteiger partial charge on any atom is 0.238 e. The molecule has 4 heterocycles. The minimum absolute atomic E-state index is 0.559. The van der Waals surface area contributed by atoms with Gasteiger partial charge in [0.05, 0.1) is 22.1 Å². The van der Waals surface area contributed by atoms with Crippen molar-refractivity contribution in [3.05, 3.63) is 182 Å². The number of hydrogen-bond donors (Lipinski definition) is 0. The van der Waals surface area contributed by atoms with Gasteiger partial charge in [0.25, 0.3) is 0 Å². The van der Waals surface area contributed by atoms with E-state index in [2.05, 4.69) is 118 Å². The van der Waals surface area contributed by atoms with Crippen molar-refractivity contribution in [1.29, 1.82) is 0 Å². The van der Waals surface area contributed by atoms with E-state index in [4.69, 9.17) is 19.9 Å². The summed E-state index contributed by atoms with van der Waals surface area (Å²) in [5.41, 5.74) is 9.38. The molecule has 0 radical (unpaired) electrons. The van der Waals surface area contributed by atoms with Gasteiger partial charge in [0.2, 0.25) is 5.95 Å². The van der Waals surface area contributed by atoms with Gasteiger partial charge < -0.3 is 4.57 Å². The van der Waals surface area contributed by atoms with E-state index < -0.39 is 0 Å². The monoisotopic (exact) mass is 690 g/mol. The number of hydrogen-bond acceptors (Lipinski definition) is 4. The number of aromatic nitrogens is 6. The average Bonchev–Trinajstić information content (AvgIpc) is 3.78.